The van der Waals surface area contributed by atoms with Crippen molar-refractivity contribution in [2.45, 2.75) is 36.9 Å². The van der Waals surface area contributed by atoms with Crippen molar-refractivity contribution in [3.63, 3.8) is 0 Å². The number of allylic oxidation sites excluding steroid dienone is 4. The molecule has 7 aromatic carbocycles. The highest BCUT2D eigenvalue weighted by Gasteiger charge is 2.45. The van der Waals surface area contributed by atoms with Crippen LogP contribution in [0.5, 0.6) is 0 Å². The average Bonchev–Trinajstić information content (AvgIpc) is 3.57. The number of hydrogen-bond donors (Lipinski definition) is 0. The highest BCUT2D eigenvalue weighted by molar-refractivity contribution is 6.24. The van der Waals surface area contributed by atoms with Gasteiger partial charge in [-0.25, -0.2) is 0 Å². The molecule has 2 nitrogen and oxygen atoms in total. The third kappa shape index (κ3) is 4.78. The predicted molar refractivity (Wildman–Crippen MR) is 224 cm³/mol. The lowest BCUT2D eigenvalue weighted by Crippen LogP contribution is -2.54. The largest absolute Gasteiger partial charge is 0.361 e. The number of rotatable bonds is 5. The van der Waals surface area contributed by atoms with E-state index in [0.717, 1.165) is 12.8 Å². The molecule has 0 amide bonds. The molecule has 5 atom stereocenters. The van der Waals surface area contributed by atoms with E-state index in [-0.39, 0.29) is 12.0 Å². The van der Waals surface area contributed by atoms with Crippen LogP contribution in [0.15, 0.2) is 194 Å². The quantitative estimate of drug-likeness (QED) is 0.167. The van der Waals surface area contributed by atoms with Gasteiger partial charge >= 0.3 is 0 Å². The molecule has 11 rings (SSSR count). The molecule has 2 heteroatoms. The minimum atomic E-state index is 0.237. The zero-order valence-electron chi connectivity index (χ0n) is 29.6. The van der Waals surface area contributed by atoms with Crippen molar-refractivity contribution in [2.75, 3.05) is 9.80 Å². The van der Waals surface area contributed by atoms with Gasteiger partial charge in [0, 0.05) is 34.6 Å². The van der Waals surface area contributed by atoms with Gasteiger partial charge in [-0.1, -0.05) is 170 Å². The summed E-state index contributed by atoms with van der Waals surface area (Å²) < 4.78 is 0. The van der Waals surface area contributed by atoms with E-state index in [2.05, 4.69) is 198 Å². The van der Waals surface area contributed by atoms with Gasteiger partial charge in [0.2, 0.25) is 0 Å². The first-order valence-corrected chi connectivity index (χ1v) is 19.2. The van der Waals surface area contributed by atoms with Crippen molar-refractivity contribution in [3.05, 3.63) is 205 Å². The monoisotopic (exact) mass is 680 g/mol. The lowest BCUT2D eigenvalue weighted by molar-refractivity contribution is 0.283. The van der Waals surface area contributed by atoms with Gasteiger partial charge in [-0.2, -0.15) is 0 Å². The molecule has 254 valence electrons. The van der Waals surface area contributed by atoms with Crippen LogP contribution in [0.2, 0.25) is 0 Å². The molecule has 53 heavy (non-hydrogen) atoms. The summed E-state index contributed by atoms with van der Waals surface area (Å²) in [6.45, 7) is 0. The van der Waals surface area contributed by atoms with Gasteiger partial charge in [-0.3, -0.25) is 0 Å². The maximum Gasteiger partial charge on any atom is 0.0629 e. The number of nitrogens with zero attached hydrogens (tertiary/aromatic N) is 2. The zero-order valence-corrected chi connectivity index (χ0v) is 29.6. The fourth-order valence-corrected chi connectivity index (χ4v) is 9.94. The molecule has 0 spiro atoms. The Morgan fingerprint density at radius 3 is 2.04 bits per heavy atom. The first kappa shape index (κ1) is 30.5. The normalized spacial score (nSPS) is 22.9. The summed E-state index contributed by atoms with van der Waals surface area (Å²) in [6.07, 6.45) is 19.0. The van der Waals surface area contributed by atoms with Gasteiger partial charge in [-0.05, 0) is 80.2 Å². The molecule has 0 saturated carbocycles. The van der Waals surface area contributed by atoms with E-state index in [4.69, 9.17) is 0 Å². The third-order valence-electron chi connectivity index (χ3n) is 12.4. The summed E-state index contributed by atoms with van der Waals surface area (Å²) in [5.41, 5.74) is 9.38. The van der Waals surface area contributed by atoms with E-state index < -0.39 is 0 Å². The van der Waals surface area contributed by atoms with Crippen LogP contribution < -0.4 is 9.80 Å². The van der Waals surface area contributed by atoms with E-state index in [1.165, 1.54) is 71.6 Å². The lowest BCUT2D eigenvalue weighted by Gasteiger charge is -2.53. The van der Waals surface area contributed by atoms with Crippen LogP contribution in [0.25, 0.3) is 43.4 Å². The summed E-state index contributed by atoms with van der Waals surface area (Å²) >= 11 is 0. The Morgan fingerprint density at radius 1 is 0.547 bits per heavy atom. The van der Waals surface area contributed by atoms with Crippen LogP contribution in [0.3, 0.4) is 0 Å². The molecule has 2 heterocycles. The molecular weight excluding hydrogens is 641 g/mol. The topological polar surface area (TPSA) is 6.48 Å². The number of hydrogen-bond acceptors (Lipinski definition) is 2. The van der Waals surface area contributed by atoms with Crippen LogP contribution in [0, 0.1) is 5.92 Å². The first-order valence-electron chi connectivity index (χ1n) is 19.2. The minimum Gasteiger partial charge on any atom is -0.361 e. The van der Waals surface area contributed by atoms with E-state index >= 15 is 0 Å². The SMILES string of the molecule is C1=CC2c3c(c4ccccc4c4ccc5ccccc5c34)N(C3=CCC(C4CC(c5ccccc5)N4c4ccc(-c5ccccc5)cc4)C=C3)C2C=C1. The Balaban J connectivity index is 0.973. The van der Waals surface area contributed by atoms with Gasteiger partial charge < -0.3 is 9.80 Å². The summed E-state index contributed by atoms with van der Waals surface area (Å²) in [6, 6.07) is 54.7. The average molecular weight is 681 g/mol. The lowest BCUT2D eigenvalue weighted by atomic mass is 9.77. The number of benzene rings is 7. The number of anilines is 2. The van der Waals surface area contributed by atoms with E-state index in [1.54, 1.807) is 0 Å². The number of fused-ring (bicyclic) bond motifs is 10. The summed E-state index contributed by atoms with van der Waals surface area (Å²) in [7, 11) is 0. The molecule has 4 aliphatic rings. The molecule has 5 unspecified atom stereocenters. The van der Waals surface area contributed by atoms with E-state index in [9.17, 15) is 0 Å². The zero-order chi connectivity index (χ0) is 34.9. The molecule has 0 radical (unpaired) electrons. The van der Waals surface area contributed by atoms with Crippen molar-refractivity contribution >= 4 is 43.7 Å². The van der Waals surface area contributed by atoms with Gasteiger partial charge in [-0.15, -0.1) is 0 Å². The molecule has 0 aromatic heterocycles. The van der Waals surface area contributed by atoms with Crippen LogP contribution in [0.1, 0.15) is 35.9 Å². The minimum absolute atomic E-state index is 0.237. The van der Waals surface area contributed by atoms with Crippen LogP contribution in [-0.4, -0.2) is 12.1 Å². The van der Waals surface area contributed by atoms with Crippen molar-refractivity contribution in [2.24, 2.45) is 5.92 Å². The molecule has 0 N–H and O–H groups in total. The van der Waals surface area contributed by atoms with E-state index in [0.29, 0.717) is 18.0 Å². The van der Waals surface area contributed by atoms with Crippen LogP contribution >= 0.6 is 0 Å². The summed E-state index contributed by atoms with van der Waals surface area (Å²) in [4.78, 5) is 5.36. The Morgan fingerprint density at radius 2 is 1.25 bits per heavy atom. The van der Waals surface area contributed by atoms with Gasteiger partial charge in [0.05, 0.1) is 17.8 Å². The maximum atomic E-state index is 2.69. The molecule has 1 saturated heterocycles. The highest BCUT2D eigenvalue weighted by Crippen LogP contribution is 2.55. The Labute approximate surface area is 311 Å². The van der Waals surface area contributed by atoms with Gasteiger partial charge in [0.1, 0.15) is 0 Å². The first-order chi connectivity index (χ1) is 26.3. The van der Waals surface area contributed by atoms with Crippen molar-refractivity contribution in [1.82, 2.24) is 0 Å². The summed E-state index contributed by atoms with van der Waals surface area (Å²) in [5.74, 6) is 0.719. The fourth-order valence-electron chi connectivity index (χ4n) is 9.94. The maximum absolute atomic E-state index is 2.69. The highest BCUT2D eigenvalue weighted by atomic mass is 15.3. The van der Waals surface area contributed by atoms with Crippen LogP contribution in [-0.2, 0) is 0 Å². The Hall–Kier alpha value is -6.12. The second kappa shape index (κ2) is 12.2. The second-order valence-corrected chi connectivity index (χ2v) is 15.1. The second-order valence-electron chi connectivity index (χ2n) is 15.1. The molecule has 1 fully saturated rings. The Bertz CT molecular complexity index is 2650. The standard InChI is InChI=1S/C51H40N2/c1-3-13-34(14-4-1)35-23-28-39(29-24-35)52-47(37-16-5-2-6-17-37)33-48(52)38-25-30-40(31-26-38)53-46-22-12-11-21-45(46)50-49-41-18-8-7-15-36(41)27-32-43(49)42-19-9-10-20-44(42)51(50)53/h1-25,27-32,38,45-48H,26,33H2. The van der Waals surface area contributed by atoms with Gasteiger partial charge in [0.25, 0.3) is 0 Å². The predicted octanol–water partition coefficient (Wildman–Crippen LogP) is 12.7. The fraction of sp³-hybridized carbons (Fsp3) is 0.137. The van der Waals surface area contributed by atoms with Crippen molar-refractivity contribution in [3.8, 4) is 11.1 Å². The van der Waals surface area contributed by atoms with Crippen molar-refractivity contribution in [1.29, 1.82) is 0 Å². The molecule has 0 bridgehead atoms. The molecule has 2 aliphatic carbocycles. The van der Waals surface area contributed by atoms with E-state index in [1.807, 2.05) is 0 Å². The third-order valence-corrected chi connectivity index (χ3v) is 12.4. The van der Waals surface area contributed by atoms with Crippen molar-refractivity contribution < 1.29 is 0 Å². The smallest absolute Gasteiger partial charge is 0.0629 e. The molecule has 7 aromatic rings. The Kier molecular flexibility index (Phi) is 7.05. The summed E-state index contributed by atoms with van der Waals surface area (Å²) in [5, 5.41) is 8.08. The van der Waals surface area contributed by atoms with Crippen LogP contribution in [0.4, 0.5) is 11.4 Å². The molecular formula is C51H40N2. The molecule has 2 aliphatic heterocycles. The van der Waals surface area contributed by atoms with Gasteiger partial charge in [0.15, 0.2) is 0 Å².